The highest BCUT2D eigenvalue weighted by Crippen LogP contribution is 2.30. The molecule has 0 fully saturated rings. The topological polar surface area (TPSA) is 99.3 Å². The van der Waals surface area contributed by atoms with Crippen LogP contribution in [0.2, 0.25) is 0 Å². The van der Waals surface area contributed by atoms with Gasteiger partial charge in [-0.25, -0.2) is 12.7 Å². The van der Waals surface area contributed by atoms with E-state index >= 15 is 0 Å². The molecular formula is C17H13N3O4S. The number of carbonyl (C=O) groups excluding carboxylic acids is 2. The Morgan fingerprint density at radius 3 is 2.68 bits per heavy atom. The minimum Gasteiger partial charge on any atom is -0.361 e. The Morgan fingerprint density at radius 1 is 1.08 bits per heavy atom. The molecule has 0 bridgehead atoms. The summed E-state index contributed by atoms with van der Waals surface area (Å²) >= 11 is 0. The number of aromatic amines is 1. The maximum atomic E-state index is 12.5. The van der Waals surface area contributed by atoms with Crippen LogP contribution in [0.3, 0.4) is 0 Å². The van der Waals surface area contributed by atoms with Crippen molar-refractivity contribution in [2.24, 2.45) is 0 Å². The molecule has 2 heterocycles. The Labute approximate surface area is 143 Å². The number of amides is 2. The maximum absolute atomic E-state index is 12.5. The highest BCUT2D eigenvalue weighted by atomic mass is 32.2. The Bertz CT molecular complexity index is 1120. The summed E-state index contributed by atoms with van der Waals surface area (Å²) in [5, 5.41) is 3.47. The summed E-state index contributed by atoms with van der Waals surface area (Å²) in [5.41, 5.74) is 1.48. The second-order valence-electron chi connectivity index (χ2n) is 5.61. The van der Waals surface area contributed by atoms with Crippen LogP contribution in [-0.2, 0) is 14.8 Å². The van der Waals surface area contributed by atoms with Gasteiger partial charge in [0.1, 0.15) is 11.4 Å². The molecule has 0 atom stereocenters. The van der Waals surface area contributed by atoms with Gasteiger partial charge in [0.2, 0.25) is 5.91 Å². The van der Waals surface area contributed by atoms with Crippen LogP contribution in [0.25, 0.3) is 10.9 Å². The second-order valence-corrected chi connectivity index (χ2v) is 7.44. The first-order valence-corrected chi connectivity index (χ1v) is 8.94. The first kappa shape index (κ1) is 15.4. The van der Waals surface area contributed by atoms with Gasteiger partial charge in [-0.15, -0.1) is 0 Å². The van der Waals surface area contributed by atoms with Crippen molar-refractivity contribution in [2.75, 3.05) is 11.9 Å². The van der Waals surface area contributed by atoms with Gasteiger partial charge < -0.3 is 10.3 Å². The SMILES string of the molecule is O=C(CN1C(=O)c2ccccc2S1(=O)=O)Nc1cccc2[nH]ccc12. The quantitative estimate of drug-likeness (QED) is 0.750. The van der Waals surface area contributed by atoms with Crippen molar-refractivity contribution >= 4 is 38.4 Å². The lowest BCUT2D eigenvalue weighted by molar-refractivity contribution is -0.116. The van der Waals surface area contributed by atoms with Gasteiger partial charge in [-0.1, -0.05) is 18.2 Å². The molecule has 0 aliphatic carbocycles. The first-order chi connectivity index (χ1) is 12.0. The molecule has 0 radical (unpaired) electrons. The van der Waals surface area contributed by atoms with Crippen molar-refractivity contribution in [3.8, 4) is 0 Å². The van der Waals surface area contributed by atoms with E-state index < -0.39 is 28.4 Å². The van der Waals surface area contributed by atoms with Gasteiger partial charge in [0, 0.05) is 17.1 Å². The number of nitrogens with one attached hydrogen (secondary N) is 2. The number of hydrogen-bond donors (Lipinski definition) is 2. The number of rotatable bonds is 3. The van der Waals surface area contributed by atoms with E-state index in [4.69, 9.17) is 0 Å². The number of fused-ring (bicyclic) bond motifs is 2. The molecule has 8 heteroatoms. The number of aromatic nitrogens is 1. The monoisotopic (exact) mass is 355 g/mol. The molecule has 2 N–H and O–H groups in total. The minimum atomic E-state index is -4.00. The Morgan fingerprint density at radius 2 is 1.88 bits per heavy atom. The lowest BCUT2D eigenvalue weighted by atomic mass is 10.2. The summed E-state index contributed by atoms with van der Waals surface area (Å²) in [6.45, 7) is -0.573. The third-order valence-corrected chi connectivity index (χ3v) is 5.86. The molecule has 1 aliphatic heterocycles. The zero-order valence-corrected chi connectivity index (χ0v) is 13.7. The van der Waals surface area contributed by atoms with Crippen LogP contribution in [0.5, 0.6) is 0 Å². The molecule has 2 amide bonds. The smallest absolute Gasteiger partial charge is 0.269 e. The average Bonchev–Trinajstić information content (AvgIpc) is 3.14. The van der Waals surface area contributed by atoms with Crippen molar-refractivity contribution in [1.29, 1.82) is 0 Å². The van der Waals surface area contributed by atoms with Crippen molar-refractivity contribution in [1.82, 2.24) is 9.29 Å². The summed E-state index contributed by atoms with van der Waals surface area (Å²) < 4.78 is 25.5. The second kappa shape index (κ2) is 5.45. The van der Waals surface area contributed by atoms with Crippen LogP contribution < -0.4 is 5.32 Å². The molecule has 0 saturated heterocycles. The van der Waals surface area contributed by atoms with Crippen LogP contribution in [-0.4, -0.2) is 36.1 Å². The number of carbonyl (C=O) groups is 2. The van der Waals surface area contributed by atoms with Gasteiger partial charge in [-0.3, -0.25) is 9.59 Å². The largest absolute Gasteiger partial charge is 0.361 e. The van der Waals surface area contributed by atoms with E-state index in [-0.39, 0.29) is 10.5 Å². The van der Waals surface area contributed by atoms with Crippen molar-refractivity contribution in [3.05, 3.63) is 60.3 Å². The summed E-state index contributed by atoms with van der Waals surface area (Å²) in [4.78, 5) is 27.6. The molecule has 0 saturated carbocycles. The zero-order chi connectivity index (χ0) is 17.6. The number of anilines is 1. The van der Waals surface area contributed by atoms with E-state index in [1.807, 2.05) is 6.07 Å². The lowest BCUT2D eigenvalue weighted by Crippen LogP contribution is -2.37. The molecule has 4 rings (SSSR count). The van der Waals surface area contributed by atoms with E-state index in [0.29, 0.717) is 9.99 Å². The fourth-order valence-corrected chi connectivity index (χ4v) is 4.43. The lowest BCUT2D eigenvalue weighted by Gasteiger charge is -2.15. The molecule has 1 aromatic heterocycles. The number of H-pyrrole nitrogens is 1. The fraction of sp³-hybridized carbons (Fsp3) is 0.0588. The Balaban J connectivity index is 1.60. The Hall–Kier alpha value is -3.13. The van der Waals surface area contributed by atoms with Gasteiger partial charge in [0.25, 0.3) is 15.9 Å². The highest BCUT2D eigenvalue weighted by Gasteiger charge is 2.41. The van der Waals surface area contributed by atoms with Crippen molar-refractivity contribution < 1.29 is 18.0 Å². The van der Waals surface area contributed by atoms with E-state index in [0.717, 1.165) is 10.9 Å². The predicted octanol–water partition coefficient (Wildman–Crippen LogP) is 1.95. The molecular weight excluding hydrogens is 342 g/mol. The van der Waals surface area contributed by atoms with E-state index in [1.165, 1.54) is 12.1 Å². The third-order valence-electron chi connectivity index (χ3n) is 4.07. The fourth-order valence-electron chi connectivity index (χ4n) is 2.90. The maximum Gasteiger partial charge on any atom is 0.269 e. The van der Waals surface area contributed by atoms with Gasteiger partial charge in [0.05, 0.1) is 11.3 Å². The summed E-state index contributed by atoms with van der Waals surface area (Å²) in [6, 6.07) is 13.1. The third kappa shape index (κ3) is 2.38. The average molecular weight is 355 g/mol. The molecule has 1 aliphatic rings. The number of benzene rings is 2. The molecule has 2 aromatic carbocycles. The summed E-state index contributed by atoms with van der Waals surface area (Å²) in [7, 11) is -4.00. The van der Waals surface area contributed by atoms with Crippen molar-refractivity contribution in [3.63, 3.8) is 0 Å². The minimum absolute atomic E-state index is 0.0689. The molecule has 25 heavy (non-hydrogen) atoms. The van der Waals surface area contributed by atoms with Crippen LogP contribution in [0, 0.1) is 0 Å². The van der Waals surface area contributed by atoms with Crippen LogP contribution in [0.4, 0.5) is 5.69 Å². The standard InChI is InChI=1S/C17H13N3O4S/c21-16(19-14-6-3-5-13-11(14)8-9-18-13)10-20-17(22)12-4-1-2-7-15(12)25(20,23)24/h1-9,18H,10H2,(H,19,21). The van der Waals surface area contributed by atoms with Gasteiger partial charge in [0.15, 0.2) is 0 Å². The van der Waals surface area contributed by atoms with Gasteiger partial charge in [-0.2, -0.15) is 0 Å². The van der Waals surface area contributed by atoms with E-state index in [9.17, 15) is 18.0 Å². The number of sulfonamides is 1. The molecule has 7 nitrogen and oxygen atoms in total. The van der Waals surface area contributed by atoms with Crippen LogP contribution in [0.1, 0.15) is 10.4 Å². The molecule has 0 unspecified atom stereocenters. The van der Waals surface area contributed by atoms with Gasteiger partial charge >= 0.3 is 0 Å². The van der Waals surface area contributed by atoms with Crippen molar-refractivity contribution in [2.45, 2.75) is 4.90 Å². The van der Waals surface area contributed by atoms with E-state index in [2.05, 4.69) is 10.3 Å². The molecule has 126 valence electrons. The number of nitrogens with zero attached hydrogens (tertiary/aromatic N) is 1. The highest BCUT2D eigenvalue weighted by molar-refractivity contribution is 7.90. The molecule has 3 aromatic rings. The zero-order valence-electron chi connectivity index (χ0n) is 12.9. The predicted molar refractivity (Wildman–Crippen MR) is 91.6 cm³/mol. The van der Waals surface area contributed by atoms with Crippen LogP contribution in [0.15, 0.2) is 59.6 Å². The Kier molecular flexibility index (Phi) is 3.36. The number of hydrogen-bond acceptors (Lipinski definition) is 4. The van der Waals surface area contributed by atoms with Gasteiger partial charge in [-0.05, 0) is 30.3 Å². The summed E-state index contributed by atoms with van der Waals surface area (Å²) in [5.74, 6) is -1.27. The van der Waals surface area contributed by atoms with E-state index in [1.54, 1.807) is 36.5 Å². The molecule has 0 spiro atoms. The first-order valence-electron chi connectivity index (χ1n) is 7.50. The summed E-state index contributed by atoms with van der Waals surface area (Å²) in [6.07, 6.45) is 1.74. The normalized spacial score (nSPS) is 15.4. The van der Waals surface area contributed by atoms with Crippen LogP contribution >= 0.6 is 0 Å².